The van der Waals surface area contributed by atoms with Crippen molar-refractivity contribution < 1.29 is 23.7 Å². The van der Waals surface area contributed by atoms with Gasteiger partial charge in [0.25, 0.3) is 5.91 Å². The predicted molar refractivity (Wildman–Crippen MR) is 113 cm³/mol. The normalized spacial score (nSPS) is 16.2. The Morgan fingerprint density at radius 2 is 2.16 bits per heavy atom. The lowest BCUT2D eigenvalue weighted by Gasteiger charge is -2.14. The average molecular weight is 446 g/mol. The first-order valence-corrected chi connectivity index (χ1v) is 10.7. The lowest BCUT2D eigenvalue weighted by molar-refractivity contribution is -0.124. The summed E-state index contributed by atoms with van der Waals surface area (Å²) >= 11 is 1.19. The molecule has 0 spiro atoms. The van der Waals surface area contributed by atoms with Crippen LogP contribution in [-0.4, -0.2) is 58.9 Å². The van der Waals surface area contributed by atoms with Gasteiger partial charge in [-0.25, -0.2) is 14.4 Å². The number of anilines is 1. The van der Waals surface area contributed by atoms with Gasteiger partial charge >= 0.3 is 5.97 Å². The topological polar surface area (TPSA) is 120 Å². The summed E-state index contributed by atoms with van der Waals surface area (Å²) in [4.78, 5) is 32.6. The van der Waals surface area contributed by atoms with Crippen molar-refractivity contribution in [2.45, 2.75) is 39.0 Å². The van der Waals surface area contributed by atoms with E-state index in [2.05, 4.69) is 15.6 Å². The molecule has 0 unspecified atom stereocenters. The molecule has 0 aliphatic carbocycles. The van der Waals surface area contributed by atoms with Gasteiger partial charge in [-0.15, -0.1) is 11.3 Å². The van der Waals surface area contributed by atoms with Gasteiger partial charge in [-0.05, 0) is 38.9 Å². The third-order valence-electron chi connectivity index (χ3n) is 5.05. The van der Waals surface area contributed by atoms with E-state index in [1.807, 2.05) is 31.0 Å². The van der Waals surface area contributed by atoms with Gasteiger partial charge in [-0.1, -0.05) is 10.3 Å². The van der Waals surface area contributed by atoms with Crippen LogP contribution in [0.25, 0.3) is 10.2 Å². The van der Waals surface area contributed by atoms with Crippen molar-refractivity contribution in [3.8, 4) is 0 Å². The van der Waals surface area contributed by atoms with Crippen LogP contribution in [0.1, 0.15) is 39.6 Å². The fourth-order valence-electron chi connectivity index (χ4n) is 3.43. The molecule has 164 valence electrons. The SMILES string of the molecule is COC(=O)c1sc2nc(CN(C)Cc3nonc3C)ccc2c1NC(=O)[C@@H]1CCCO1. The van der Waals surface area contributed by atoms with Gasteiger partial charge in [-0.3, -0.25) is 9.69 Å². The summed E-state index contributed by atoms with van der Waals surface area (Å²) < 4.78 is 15.1. The number of hydrogen-bond donors (Lipinski definition) is 1. The molecule has 0 radical (unpaired) electrons. The van der Waals surface area contributed by atoms with Crippen molar-refractivity contribution in [2.75, 3.05) is 26.1 Å². The summed E-state index contributed by atoms with van der Waals surface area (Å²) in [5.41, 5.74) is 2.76. The fourth-order valence-corrected chi connectivity index (χ4v) is 4.50. The first-order valence-electron chi connectivity index (χ1n) is 9.86. The summed E-state index contributed by atoms with van der Waals surface area (Å²) in [6, 6.07) is 3.74. The van der Waals surface area contributed by atoms with E-state index in [0.717, 1.165) is 23.5 Å². The molecule has 0 bridgehead atoms. The van der Waals surface area contributed by atoms with E-state index in [9.17, 15) is 9.59 Å². The summed E-state index contributed by atoms with van der Waals surface area (Å²) in [6.07, 6.45) is 1.00. The summed E-state index contributed by atoms with van der Waals surface area (Å²) in [7, 11) is 3.26. The van der Waals surface area contributed by atoms with E-state index in [1.165, 1.54) is 18.4 Å². The molecule has 1 saturated heterocycles. The molecule has 10 nitrogen and oxygen atoms in total. The number of carbonyl (C=O) groups is 2. The van der Waals surface area contributed by atoms with Crippen molar-refractivity contribution >= 4 is 39.1 Å². The zero-order chi connectivity index (χ0) is 22.0. The molecule has 1 aliphatic heterocycles. The molecular formula is C20H23N5O5S. The Hall–Kier alpha value is -2.89. The Kier molecular flexibility index (Phi) is 6.25. The summed E-state index contributed by atoms with van der Waals surface area (Å²) in [6.45, 7) is 3.53. The number of fused-ring (bicyclic) bond motifs is 1. The van der Waals surface area contributed by atoms with Gasteiger partial charge in [0.05, 0.1) is 18.5 Å². The van der Waals surface area contributed by atoms with E-state index in [-0.39, 0.29) is 5.91 Å². The van der Waals surface area contributed by atoms with Crippen LogP contribution in [-0.2, 0) is 27.4 Å². The predicted octanol–water partition coefficient (Wildman–Crippen LogP) is 2.52. The molecule has 3 aromatic rings. The number of nitrogens with zero attached hydrogens (tertiary/aromatic N) is 4. The van der Waals surface area contributed by atoms with E-state index in [1.54, 1.807) is 0 Å². The molecule has 11 heteroatoms. The summed E-state index contributed by atoms with van der Waals surface area (Å²) in [5, 5.41) is 11.2. The number of rotatable bonds is 7. The Morgan fingerprint density at radius 3 is 2.84 bits per heavy atom. The van der Waals surface area contributed by atoms with Crippen LogP contribution in [0.2, 0.25) is 0 Å². The highest BCUT2D eigenvalue weighted by atomic mass is 32.1. The molecule has 3 aromatic heterocycles. The highest BCUT2D eigenvalue weighted by Gasteiger charge is 2.27. The second-order valence-corrected chi connectivity index (χ2v) is 8.41. The number of aromatic nitrogens is 3. The molecule has 1 fully saturated rings. The first kappa shape index (κ1) is 21.3. The van der Waals surface area contributed by atoms with Gasteiger partial charge in [0.2, 0.25) is 0 Å². The molecule has 1 aliphatic rings. The first-order chi connectivity index (χ1) is 15.0. The molecule has 1 N–H and O–H groups in total. The molecular weight excluding hydrogens is 422 g/mol. The molecule has 4 rings (SSSR count). The monoisotopic (exact) mass is 445 g/mol. The van der Waals surface area contributed by atoms with Crippen molar-refractivity contribution in [3.63, 3.8) is 0 Å². The van der Waals surface area contributed by atoms with Crippen LogP contribution in [0.5, 0.6) is 0 Å². The van der Waals surface area contributed by atoms with E-state index >= 15 is 0 Å². The molecule has 4 heterocycles. The van der Waals surface area contributed by atoms with Crippen LogP contribution in [0.3, 0.4) is 0 Å². The highest BCUT2D eigenvalue weighted by Crippen LogP contribution is 2.36. The van der Waals surface area contributed by atoms with Gasteiger partial charge < -0.3 is 14.8 Å². The Bertz CT molecular complexity index is 1100. The van der Waals surface area contributed by atoms with E-state index in [4.69, 9.17) is 19.1 Å². The fraction of sp³-hybridized carbons (Fsp3) is 0.450. The maximum atomic E-state index is 12.6. The second-order valence-electron chi connectivity index (χ2n) is 7.41. The minimum absolute atomic E-state index is 0.261. The van der Waals surface area contributed by atoms with Crippen LogP contribution >= 0.6 is 11.3 Å². The van der Waals surface area contributed by atoms with Gasteiger partial charge in [0.1, 0.15) is 27.2 Å². The van der Waals surface area contributed by atoms with Crippen LogP contribution in [0, 0.1) is 6.92 Å². The number of methoxy groups -OCH3 is 1. The number of aryl methyl sites for hydroxylation is 1. The number of thiophene rings is 1. The molecule has 0 saturated carbocycles. The minimum atomic E-state index is -0.515. The van der Waals surface area contributed by atoms with Crippen molar-refractivity contribution in [2.24, 2.45) is 0 Å². The van der Waals surface area contributed by atoms with Gasteiger partial charge in [0.15, 0.2) is 0 Å². The number of nitrogens with one attached hydrogen (secondary N) is 1. The third-order valence-corrected chi connectivity index (χ3v) is 6.13. The van der Waals surface area contributed by atoms with E-state index < -0.39 is 12.1 Å². The van der Waals surface area contributed by atoms with Crippen LogP contribution < -0.4 is 5.32 Å². The van der Waals surface area contributed by atoms with E-state index in [0.29, 0.717) is 46.9 Å². The maximum absolute atomic E-state index is 12.6. The Morgan fingerprint density at radius 1 is 1.32 bits per heavy atom. The minimum Gasteiger partial charge on any atom is -0.465 e. The molecule has 0 aromatic carbocycles. The lowest BCUT2D eigenvalue weighted by atomic mass is 10.2. The van der Waals surface area contributed by atoms with Crippen LogP contribution in [0.15, 0.2) is 16.8 Å². The van der Waals surface area contributed by atoms with Crippen molar-refractivity contribution in [1.82, 2.24) is 20.2 Å². The zero-order valence-corrected chi connectivity index (χ0v) is 18.3. The van der Waals surface area contributed by atoms with Gasteiger partial charge in [-0.2, -0.15) is 0 Å². The standard InChI is InChI=1S/C20H23N5O5S/c1-11-14(24-30-23-11)10-25(2)9-12-6-7-13-16(22-18(26)15-5-4-8-29-15)17(20(27)28-3)31-19(13)21-12/h6-7,15H,4-5,8-10H2,1-3H3,(H,22,26)/t15-/m0/s1. The molecule has 1 atom stereocenters. The number of ether oxygens (including phenoxy) is 2. The number of hydrogen-bond acceptors (Lipinski definition) is 10. The Balaban J connectivity index is 1.58. The van der Waals surface area contributed by atoms with Crippen molar-refractivity contribution in [3.05, 3.63) is 34.1 Å². The Labute approximate surface area is 182 Å². The number of esters is 1. The smallest absolute Gasteiger partial charge is 0.350 e. The highest BCUT2D eigenvalue weighted by molar-refractivity contribution is 7.21. The van der Waals surface area contributed by atoms with Gasteiger partial charge in [0, 0.05) is 25.1 Å². The third kappa shape index (κ3) is 4.58. The molecule has 1 amide bonds. The quantitative estimate of drug-likeness (QED) is 0.547. The second kappa shape index (κ2) is 9.08. The zero-order valence-electron chi connectivity index (χ0n) is 17.5. The average Bonchev–Trinajstić information content (AvgIpc) is 3.49. The largest absolute Gasteiger partial charge is 0.465 e. The lowest BCUT2D eigenvalue weighted by Crippen LogP contribution is -2.27. The maximum Gasteiger partial charge on any atom is 0.350 e. The van der Waals surface area contributed by atoms with Crippen molar-refractivity contribution in [1.29, 1.82) is 0 Å². The van der Waals surface area contributed by atoms with Crippen LogP contribution in [0.4, 0.5) is 5.69 Å². The molecule has 31 heavy (non-hydrogen) atoms. The number of carbonyl (C=O) groups excluding carboxylic acids is 2. The summed E-state index contributed by atoms with van der Waals surface area (Å²) in [5.74, 6) is -0.777. The number of amides is 1. The number of pyridine rings is 1.